The Kier molecular flexibility index (Phi) is 5.48. The minimum absolute atomic E-state index is 0.0546. The van der Waals surface area contributed by atoms with Crippen LogP contribution in [-0.2, 0) is 4.74 Å². The summed E-state index contributed by atoms with van der Waals surface area (Å²) in [6.07, 6.45) is 0. The van der Waals surface area contributed by atoms with Gasteiger partial charge in [0.05, 0.1) is 6.61 Å². The molecule has 2 rings (SSSR count). The number of hydrogen-bond donors (Lipinski definition) is 0. The molecule has 0 amide bonds. The number of aryl methyl sites for hydroxylation is 1. The van der Waals surface area contributed by atoms with Crippen molar-refractivity contribution in [2.75, 3.05) is 6.61 Å². The molecule has 0 heterocycles. The molecule has 0 aliphatic carbocycles. The van der Waals surface area contributed by atoms with Crippen molar-refractivity contribution in [3.8, 4) is 23.6 Å². The van der Waals surface area contributed by atoms with Crippen molar-refractivity contribution in [1.82, 2.24) is 0 Å². The fourth-order valence-electron chi connectivity index (χ4n) is 2.15. The minimum atomic E-state index is -1.78. The summed E-state index contributed by atoms with van der Waals surface area (Å²) in [5.74, 6) is -7.37. The Morgan fingerprint density at radius 2 is 1.69 bits per heavy atom. The molecule has 0 radical (unpaired) electrons. The van der Waals surface area contributed by atoms with E-state index in [9.17, 15) is 18.0 Å². The summed E-state index contributed by atoms with van der Waals surface area (Å²) in [6.45, 7) is 3.30. The number of nitrogens with zero attached hydrogens (tertiary/aromatic N) is 2. The van der Waals surface area contributed by atoms with Crippen molar-refractivity contribution in [2.24, 2.45) is 0 Å². The average Bonchev–Trinajstić information content (AvgIpc) is 2.62. The largest absolute Gasteiger partial charge is 0.462 e. The predicted octanol–water partition coefficient (Wildman–Crippen LogP) is 4.12. The van der Waals surface area contributed by atoms with Gasteiger partial charge in [0.15, 0.2) is 11.6 Å². The van der Waals surface area contributed by atoms with E-state index in [1.165, 1.54) is 30.3 Å². The molecule has 0 aliphatic rings. The van der Waals surface area contributed by atoms with E-state index in [1.54, 1.807) is 13.8 Å². The van der Waals surface area contributed by atoms with Crippen LogP contribution in [0.1, 0.15) is 34.0 Å². The predicted molar refractivity (Wildman–Crippen MR) is 83.0 cm³/mol. The molecule has 0 N–H and O–H groups in total. The molecule has 2 aromatic rings. The lowest BCUT2D eigenvalue weighted by Gasteiger charge is -2.14. The number of ether oxygens (including phenoxy) is 2. The summed E-state index contributed by atoms with van der Waals surface area (Å²) < 4.78 is 52.4. The highest BCUT2D eigenvalue weighted by Gasteiger charge is 2.28. The van der Waals surface area contributed by atoms with Crippen LogP contribution in [0.5, 0.6) is 11.5 Å². The maximum atomic E-state index is 14.4. The monoisotopic (exact) mass is 360 g/mol. The van der Waals surface area contributed by atoms with E-state index in [4.69, 9.17) is 20.0 Å². The molecule has 0 spiro atoms. The Bertz CT molecular complexity index is 975. The van der Waals surface area contributed by atoms with Crippen LogP contribution < -0.4 is 4.74 Å². The van der Waals surface area contributed by atoms with Crippen molar-refractivity contribution >= 4 is 5.97 Å². The number of carbonyl (C=O) groups is 1. The van der Waals surface area contributed by atoms with Crippen LogP contribution in [0.15, 0.2) is 18.2 Å². The van der Waals surface area contributed by atoms with Gasteiger partial charge >= 0.3 is 5.97 Å². The van der Waals surface area contributed by atoms with E-state index < -0.39 is 40.3 Å². The summed E-state index contributed by atoms with van der Waals surface area (Å²) in [5.41, 5.74) is -1.55. The zero-order valence-corrected chi connectivity index (χ0v) is 13.7. The van der Waals surface area contributed by atoms with Gasteiger partial charge in [-0.3, -0.25) is 0 Å². The number of carbonyl (C=O) groups excluding carboxylic acids is 1. The van der Waals surface area contributed by atoms with Crippen molar-refractivity contribution in [3.05, 3.63) is 57.9 Å². The molecule has 0 aliphatic heterocycles. The quantitative estimate of drug-likeness (QED) is 0.605. The highest BCUT2D eigenvalue weighted by atomic mass is 19.2. The Morgan fingerprint density at radius 3 is 2.27 bits per heavy atom. The summed E-state index contributed by atoms with van der Waals surface area (Å²) >= 11 is 0. The van der Waals surface area contributed by atoms with E-state index in [2.05, 4.69) is 0 Å². The van der Waals surface area contributed by atoms with Crippen LogP contribution in [0.25, 0.3) is 0 Å². The lowest BCUT2D eigenvalue weighted by atomic mass is 10.1. The van der Waals surface area contributed by atoms with Crippen molar-refractivity contribution in [1.29, 1.82) is 10.5 Å². The fraction of sp³-hybridized carbons (Fsp3) is 0.167. The van der Waals surface area contributed by atoms with Gasteiger partial charge in [-0.05, 0) is 26.0 Å². The topological polar surface area (TPSA) is 83.1 Å². The minimum Gasteiger partial charge on any atom is -0.462 e. The van der Waals surface area contributed by atoms with Crippen LogP contribution >= 0.6 is 0 Å². The number of rotatable bonds is 4. The van der Waals surface area contributed by atoms with Gasteiger partial charge in [0.1, 0.15) is 34.6 Å². The van der Waals surface area contributed by atoms with E-state index >= 15 is 0 Å². The maximum absolute atomic E-state index is 14.4. The van der Waals surface area contributed by atoms with Gasteiger partial charge in [-0.2, -0.15) is 14.9 Å². The van der Waals surface area contributed by atoms with E-state index in [1.807, 2.05) is 0 Å². The van der Waals surface area contributed by atoms with Crippen LogP contribution in [-0.4, -0.2) is 12.6 Å². The molecule has 0 fully saturated rings. The van der Waals surface area contributed by atoms with Crippen molar-refractivity contribution in [2.45, 2.75) is 13.8 Å². The first-order valence-electron chi connectivity index (χ1n) is 7.31. The molecule has 0 aromatic heterocycles. The first-order valence-corrected chi connectivity index (χ1v) is 7.31. The third-order valence-corrected chi connectivity index (χ3v) is 3.35. The summed E-state index contributed by atoms with van der Waals surface area (Å²) in [4.78, 5) is 12.0. The fourth-order valence-corrected chi connectivity index (χ4v) is 2.15. The molecule has 5 nitrogen and oxygen atoms in total. The molecule has 26 heavy (non-hydrogen) atoms. The highest BCUT2D eigenvalue weighted by Crippen LogP contribution is 2.35. The lowest BCUT2D eigenvalue weighted by molar-refractivity contribution is 0.0523. The second-order valence-electron chi connectivity index (χ2n) is 5.07. The zero-order chi connectivity index (χ0) is 19.4. The van der Waals surface area contributed by atoms with E-state index in [-0.39, 0.29) is 17.9 Å². The third kappa shape index (κ3) is 3.31. The van der Waals surface area contributed by atoms with Crippen LogP contribution in [0.3, 0.4) is 0 Å². The van der Waals surface area contributed by atoms with Crippen LogP contribution in [0.4, 0.5) is 13.2 Å². The Balaban J connectivity index is 2.64. The summed E-state index contributed by atoms with van der Waals surface area (Å²) in [5, 5.41) is 17.7. The smallest absolute Gasteiger partial charge is 0.341 e. The average molecular weight is 360 g/mol. The first kappa shape index (κ1) is 18.8. The second-order valence-corrected chi connectivity index (χ2v) is 5.07. The molecule has 0 atom stereocenters. The van der Waals surface area contributed by atoms with Crippen LogP contribution in [0.2, 0.25) is 0 Å². The zero-order valence-electron chi connectivity index (χ0n) is 13.7. The Hall–Kier alpha value is -3.52. The molecule has 0 saturated heterocycles. The standard InChI is InChI=1S/C18H11F3N2O3/c1-3-25-18(24)10-6-9(2)4-5-13(10)26-17-15(20)12(8-23)11(7-22)14(19)16(17)21/h4-6H,3H2,1-2H3. The van der Waals surface area contributed by atoms with E-state index in [0.717, 1.165) is 0 Å². The highest BCUT2D eigenvalue weighted by molar-refractivity contribution is 5.92. The molecule has 0 saturated carbocycles. The number of esters is 1. The molecule has 0 bridgehead atoms. The maximum Gasteiger partial charge on any atom is 0.341 e. The van der Waals surface area contributed by atoms with Gasteiger partial charge in [0.2, 0.25) is 11.6 Å². The molecule has 132 valence electrons. The first-order chi connectivity index (χ1) is 12.3. The van der Waals surface area contributed by atoms with Gasteiger partial charge in [-0.25, -0.2) is 13.6 Å². The van der Waals surface area contributed by atoms with Crippen LogP contribution in [0, 0.1) is 47.0 Å². The van der Waals surface area contributed by atoms with Gasteiger partial charge in [0.25, 0.3) is 0 Å². The van der Waals surface area contributed by atoms with E-state index in [0.29, 0.717) is 5.56 Å². The van der Waals surface area contributed by atoms with Crippen molar-refractivity contribution in [3.63, 3.8) is 0 Å². The van der Waals surface area contributed by atoms with Gasteiger partial charge < -0.3 is 9.47 Å². The number of halogens is 3. The Morgan fingerprint density at radius 1 is 1.08 bits per heavy atom. The SMILES string of the molecule is CCOC(=O)c1cc(C)ccc1Oc1c(F)c(F)c(C#N)c(C#N)c1F. The molecular weight excluding hydrogens is 349 g/mol. The second kappa shape index (κ2) is 7.58. The lowest BCUT2D eigenvalue weighted by Crippen LogP contribution is -2.09. The molecule has 2 aromatic carbocycles. The molecular formula is C18H11F3N2O3. The molecule has 0 unspecified atom stereocenters. The Labute approximate surface area is 146 Å². The summed E-state index contributed by atoms with van der Waals surface area (Å²) in [6, 6.07) is 6.66. The van der Waals surface area contributed by atoms with Gasteiger partial charge in [0, 0.05) is 0 Å². The number of benzene rings is 2. The number of hydrogen-bond acceptors (Lipinski definition) is 5. The van der Waals surface area contributed by atoms with Crippen molar-refractivity contribution < 1.29 is 27.4 Å². The normalized spacial score (nSPS) is 9.96. The molecule has 8 heteroatoms. The number of nitriles is 2. The third-order valence-electron chi connectivity index (χ3n) is 3.35. The van der Waals surface area contributed by atoms with Gasteiger partial charge in [-0.15, -0.1) is 0 Å². The summed E-state index contributed by atoms with van der Waals surface area (Å²) in [7, 11) is 0. The van der Waals surface area contributed by atoms with Gasteiger partial charge in [-0.1, -0.05) is 11.6 Å².